The number of aliphatic hydroxyl groups is 1. The fourth-order valence-electron chi connectivity index (χ4n) is 4.73. The first-order valence-electron chi connectivity index (χ1n) is 12.5. The lowest BCUT2D eigenvalue weighted by Gasteiger charge is -2.36. The molecule has 3 aromatic carbocycles. The van der Waals surface area contributed by atoms with Crippen molar-refractivity contribution in [2.24, 2.45) is 12.8 Å². The van der Waals surface area contributed by atoms with E-state index in [-0.39, 0.29) is 10.6 Å². The second-order valence-corrected chi connectivity index (χ2v) is 12.8. The lowest BCUT2D eigenvalue weighted by Crippen LogP contribution is -2.42. The molecule has 0 atom stereocenters. The average molecular weight is 600 g/mol. The van der Waals surface area contributed by atoms with Crippen LogP contribution in [0, 0.1) is 0 Å². The van der Waals surface area contributed by atoms with Gasteiger partial charge >= 0.3 is 5.92 Å². The molecule has 4 N–H and O–H groups in total. The number of hydrogen-bond acceptors (Lipinski definition) is 7. The van der Waals surface area contributed by atoms with E-state index in [9.17, 15) is 13.5 Å². The highest BCUT2D eigenvalue weighted by Gasteiger charge is 2.52. The molecule has 2 heterocycles. The highest BCUT2D eigenvalue weighted by Crippen LogP contribution is 2.50. The van der Waals surface area contributed by atoms with Gasteiger partial charge in [0, 0.05) is 35.7 Å². The van der Waals surface area contributed by atoms with Crippen LogP contribution in [0.2, 0.25) is 5.02 Å². The molecule has 12 heteroatoms. The van der Waals surface area contributed by atoms with Crippen molar-refractivity contribution in [2.45, 2.75) is 30.3 Å². The molecule has 1 aliphatic heterocycles. The van der Waals surface area contributed by atoms with Crippen LogP contribution in [0.25, 0.3) is 28.1 Å². The molecule has 1 aliphatic rings. The minimum Gasteiger partial charge on any atom is -0.403 e. The lowest BCUT2D eigenvalue weighted by molar-refractivity contribution is -0.170. The van der Waals surface area contributed by atoms with Gasteiger partial charge in [0.25, 0.3) is 0 Å². The third-order valence-electron chi connectivity index (χ3n) is 6.96. The summed E-state index contributed by atoms with van der Waals surface area (Å²) in [6.07, 6.45) is 2.48. The highest BCUT2D eigenvalue weighted by atomic mass is 35.5. The first-order chi connectivity index (χ1) is 19.1. The maximum atomic E-state index is 15.5. The van der Waals surface area contributed by atoms with Crippen LogP contribution >= 0.6 is 11.6 Å². The monoisotopic (exact) mass is 599 g/mol. The standard InChI is InChI=1S/C29H28ClF2N5O3S/c1-28(2,38)29(31,32)27-25-26(36(3)35-27)22-13-10-19(18-6-5-7-21(14-18)41(4,39)40)15-23(22)37(34-25)24(16-33)17-8-11-20(30)12-9-17/h5-16,34,38H,33H2,1-4H3/b24-16-. The average Bonchev–Trinajstić information content (AvgIpc) is 3.25. The Morgan fingerprint density at radius 3 is 2.34 bits per heavy atom. The Balaban J connectivity index is 1.76. The molecule has 0 amide bonds. The van der Waals surface area contributed by atoms with Crippen molar-refractivity contribution < 1.29 is 22.3 Å². The number of hydrogen-bond donors (Lipinski definition) is 3. The molecule has 0 aliphatic carbocycles. The summed E-state index contributed by atoms with van der Waals surface area (Å²) in [5.74, 6) is -3.71. The van der Waals surface area contributed by atoms with Crippen LogP contribution in [0.5, 0.6) is 0 Å². The molecular weight excluding hydrogens is 572 g/mol. The summed E-state index contributed by atoms with van der Waals surface area (Å²) in [5, 5.41) is 16.6. The highest BCUT2D eigenvalue weighted by molar-refractivity contribution is 7.90. The maximum Gasteiger partial charge on any atom is 0.321 e. The van der Waals surface area contributed by atoms with Crippen LogP contribution < -0.4 is 16.2 Å². The summed E-state index contributed by atoms with van der Waals surface area (Å²) in [4.78, 5) is 0.166. The number of halogens is 3. The molecule has 4 aromatic rings. The molecule has 214 valence electrons. The van der Waals surface area contributed by atoms with E-state index in [1.165, 1.54) is 16.9 Å². The van der Waals surface area contributed by atoms with Gasteiger partial charge in [0.1, 0.15) is 11.3 Å². The zero-order valence-corrected chi connectivity index (χ0v) is 24.2. The summed E-state index contributed by atoms with van der Waals surface area (Å²) < 4.78 is 56.8. The van der Waals surface area contributed by atoms with Crippen LogP contribution in [0.1, 0.15) is 25.1 Å². The molecule has 0 saturated heterocycles. The van der Waals surface area contributed by atoms with Crippen LogP contribution in [0.15, 0.2) is 77.8 Å². The number of benzene rings is 3. The number of alkyl halides is 2. The van der Waals surface area contributed by atoms with E-state index >= 15 is 8.78 Å². The van der Waals surface area contributed by atoms with Crippen molar-refractivity contribution in [3.05, 3.63) is 89.2 Å². The van der Waals surface area contributed by atoms with Crippen molar-refractivity contribution in [2.75, 3.05) is 16.7 Å². The summed E-state index contributed by atoms with van der Waals surface area (Å²) in [6.45, 7) is 2.05. The molecule has 1 aromatic heterocycles. The molecular formula is C29H28ClF2N5O3S. The van der Waals surface area contributed by atoms with E-state index in [4.69, 9.17) is 17.3 Å². The van der Waals surface area contributed by atoms with Gasteiger partial charge in [-0.05, 0) is 61.4 Å². The molecule has 0 radical (unpaired) electrons. The quantitative estimate of drug-likeness (QED) is 0.257. The number of fused-ring (bicyclic) bond motifs is 3. The van der Waals surface area contributed by atoms with Crippen LogP contribution in [-0.4, -0.2) is 35.2 Å². The van der Waals surface area contributed by atoms with E-state index in [1.807, 2.05) is 6.07 Å². The molecule has 41 heavy (non-hydrogen) atoms. The molecule has 0 unspecified atom stereocenters. The first kappa shape index (κ1) is 28.6. The lowest BCUT2D eigenvalue weighted by atomic mass is 9.94. The van der Waals surface area contributed by atoms with E-state index in [0.717, 1.165) is 20.1 Å². The summed E-state index contributed by atoms with van der Waals surface area (Å²) in [6, 6.07) is 18.7. The molecule has 8 nitrogen and oxygen atoms in total. The van der Waals surface area contributed by atoms with Gasteiger partial charge in [-0.2, -0.15) is 13.9 Å². The fourth-order valence-corrected chi connectivity index (χ4v) is 5.53. The van der Waals surface area contributed by atoms with Crippen LogP contribution in [0.3, 0.4) is 0 Å². The van der Waals surface area contributed by atoms with Gasteiger partial charge in [-0.1, -0.05) is 41.9 Å². The smallest absolute Gasteiger partial charge is 0.321 e. The molecule has 0 spiro atoms. The minimum atomic E-state index is -3.71. The van der Waals surface area contributed by atoms with Crippen molar-refractivity contribution in [3.63, 3.8) is 0 Å². The number of nitrogens with two attached hydrogens (primary N) is 1. The number of aromatic nitrogens is 2. The van der Waals surface area contributed by atoms with Gasteiger partial charge in [-0.25, -0.2) is 8.42 Å². The largest absolute Gasteiger partial charge is 0.403 e. The molecule has 0 fully saturated rings. The number of aryl methyl sites for hydroxylation is 1. The van der Waals surface area contributed by atoms with Gasteiger partial charge in [0.15, 0.2) is 15.5 Å². The zero-order chi connectivity index (χ0) is 29.9. The Bertz CT molecular complexity index is 1800. The predicted molar refractivity (Wildman–Crippen MR) is 157 cm³/mol. The normalized spacial score (nSPS) is 14.0. The number of sulfone groups is 1. The van der Waals surface area contributed by atoms with Gasteiger partial charge in [0.2, 0.25) is 0 Å². The molecule has 5 rings (SSSR count). The van der Waals surface area contributed by atoms with Gasteiger partial charge in [-0.15, -0.1) is 0 Å². The second kappa shape index (κ2) is 9.86. The Hall–Kier alpha value is -3.93. The van der Waals surface area contributed by atoms with Crippen molar-refractivity contribution in [1.29, 1.82) is 0 Å². The predicted octanol–water partition coefficient (Wildman–Crippen LogP) is 5.78. The molecule has 0 bridgehead atoms. The third kappa shape index (κ3) is 4.94. The summed E-state index contributed by atoms with van der Waals surface area (Å²) >= 11 is 6.10. The van der Waals surface area contributed by atoms with E-state index < -0.39 is 27.1 Å². The van der Waals surface area contributed by atoms with Gasteiger partial charge < -0.3 is 10.8 Å². The SMILES string of the molecule is Cn1nc(C(F)(F)C(C)(C)O)c2c1-c1ccc(-c3cccc(S(C)(=O)=O)c3)cc1N(/C(=C\N)c1ccc(Cl)cc1)N2. The number of nitrogens with one attached hydrogen (secondary N) is 1. The number of rotatable bonds is 6. The fraction of sp³-hybridized carbons (Fsp3) is 0.207. The minimum absolute atomic E-state index is 0.00672. The summed E-state index contributed by atoms with van der Waals surface area (Å²) in [5.41, 5.74) is 10.0. The van der Waals surface area contributed by atoms with E-state index in [2.05, 4.69) is 10.5 Å². The Kier molecular flexibility index (Phi) is 6.88. The molecule has 0 saturated carbocycles. The summed E-state index contributed by atoms with van der Waals surface area (Å²) in [7, 11) is -1.90. The third-order valence-corrected chi connectivity index (χ3v) is 8.33. The number of anilines is 2. The number of nitrogens with zero attached hydrogens (tertiary/aromatic N) is 3. The first-order valence-corrected chi connectivity index (χ1v) is 14.8. The van der Waals surface area contributed by atoms with Crippen molar-refractivity contribution >= 4 is 38.5 Å². The van der Waals surface area contributed by atoms with Crippen LogP contribution in [0.4, 0.5) is 20.2 Å². The number of hydrazine groups is 1. The topological polar surface area (TPSA) is 113 Å². The second-order valence-electron chi connectivity index (χ2n) is 10.4. The van der Waals surface area contributed by atoms with Gasteiger partial charge in [0.05, 0.1) is 22.0 Å². The van der Waals surface area contributed by atoms with Gasteiger partial charge in [-0.3, -0.25) is 15.1 Å². The zero-order valence-electron chi connectivity index (χ0n) is 22.7. The van der Waals surface area contributed by atoms with Crippen LogP contribution in [-0.2, 0) is 22.8 Å². The van der Waals surface area contributed by atoms with Crippen molar-refractivity contribution in [1.82, 2.24) is 9.78 Å². The Morgan fingerprint density at radius 1 is 1.07 bits per heavy atom. The Labute approximate surface area is 241 Å². The van der Waals surface area contributed by atoms with E-state index in [1.54, 1.807) is 66.7 Å². The van der Waals surface area contributed by atoms with E-state index in [0.29, 0.717) is 44.4 Å². The van der Waals surface area contributed by atoms with Crippen molar-refractivity contribution in [3.8, 4) is 22.4 Å². The maximum absolute atomic E-state index is 15.5. The Morgan fingerprint density at radius 2 is 1.73 bits per heavy atom.